The van der Waals surface area contributed by atoms with Crippen molar-refractivity contribution in [2.24, 2.45) is 7.05 Å². The Morgan fingerprint density at radius 3 is 2.50 bits per heavy atom. The van der Waals surface area contributed by atoms with Crippen LogP contribution in [0.15, 0.2) is 42.6 Å². The van der Waals surface area contributed by atoms with Crippen molar-refractivity contribution < 1.29 is 0 Å². The topological polar surface area (TPSA) is 41.9 Å². The zero-order valence-electron chi connectivity index (χ0n) is 9.35. The minimum absolute atomic E-state index is 0.853. The van der Waals surface area contributed by atoms with Gasteiger partial charge in [0.2, 0.25) is 0 Å². The molecule has 2 N–H and O–H groups in total. The molecule has 0 saturated heterocycles. The van der Waals surface area contributed by atoms with E-state index in [0.717, 1.165) is 24.6 Å². The fraction of sp³-hybridized carbons (Fsp3) is 0.250. The number of para-hydroxylation sites is 1. The van der Waals surface area contributed by atoms with Gasteiger partial charge < -0.3 is 10.6 Å². The lowest BCUT2D eigenvalue weighted by Crippen LogP contribution is -2.13. The van der Waals surface area contributed by atoms with Gasteiger partial charge in [0.1, 0.15) is 5.82 Å². The molecule has 0 atom stereocenters. The van der Waals surface area contributed by atoms with Crippen molar-refractivity contribution >= 4 is 11.5 Å². The third kappa shape index (κ3) is 3.02. The minimum Gasteiger partial charge on any atom is -0.383 e. The van der Waals surface area contributed by atoms with Crippen LogP contribution in [0, 0.1) is 0 Å². The molecule has 84 valence electrons. The number of benzene rings is 1. The molecule has 2 rings (SSSR count). The normalized spacial score (nSPS) is 10.1. The average Bonchev–Trinajstić information content (AvgIpc) is 2.72. The molecule has 1 aromatic heterocycles. The Labute approximate surface area is 95.3 Å². The van der Waals surface area contributed by atoms with Crippen LogP contribution in [0.4, 0.5) is 11.5 Å². The quantitative estimate of drug-likeness (QED) is 0.751. The van der Waals surface area contributed by atoms with E-state index in [1.807, 2.05) is 37.5 Å². The zero-order valence-corrected chi connectivity index (χ0v) is 9.35. The van der Waals surface area contributed by atoms with E-state index in [1.54, 1.807) is 4.68 Å². The van der Waals surface area contributed by atoms with Crippen LogP contribution < -0.4 is 10.6 Å². The van der Waals surface area contributed by atoms with Gasteiger partial charge in [-0.15, -0.1) is 0 Å². The second-order valence-corrected chi connectivity index (χ2v) is 3.59. The summed E-state index contributed by atoms with van der Waals surface area (Å²) in [6.07, 6.45) is 1.92. The van der Waals surface area contributed by atoms with Crippen molar-refractivity contribution in [3.8, 4) is 0 Å². The summed E-state index contributed by atoms with van der Waals surface area (Å²) in [5.41, 5.74) is 1.14. The summed E-state index contributed by atoms with van der Waals surface area (Å²) in [4.78, 5) is 0. The molecule has 0 aliphatic rings. The summed E-state index contributed by atoms with van der Waals surface area (Å²) in [5.74, 6) is 0.914. The van der Waals surface area contributed by atoms with Gasteiger partial charge in [-0.25, -0.2) is 0 Å². The number of aromatic nitrogens is 2. The summed E-state index contributed by atoms with van der Waals surface area (Å²) in [6, 6.07) is 12.1. The van der Waals surface area contributed by atoms with Crippen molar-refractivity contribution in [1.29, 1.82) is 0 Å². The van der Waals surface area contributed by atoms with Gasteiger partial charge >= 0.3 is 0 Å². The first-order chi connectivity index (χ1) is 7.84. The van der Waals surface area contributed by atoms with Crippen LogP contribution in [0.1, 0.15) is 0 Å². The molecule has 0 spiro atoms. The van der Waals surface area contributed by atoms with Crippen molar-refractivity contribution in [3.05, 3.63) is 42.6 Å². The summed E-state index contributed by atoms with van der Waals surface area (Å²) in [6.45, 7) is 1.73. The second-order valence-electron chi connectivity index (χ2n) is 3.59. The lowest BCUT2D eigenvalue weighted by molar-refractivity contribution is 0.768. The maximum atomic E-state index is 4.23. The first kappa shape index (κ1) is 10.5. The molecule has 0 radical (unpaired) electrons. The lowest BCUT2D eigenvalue weighted by atomic mass is 10.3. The van der Waals surface area contributed by atoms with Crippen molar-refractivity contribution in [1.82, 2.24) is 9.78 Å². The Balaban J connectivity index is 1.69. The number of rotatable bonds is 5. The van der Waals surface area contributed by atoms with Crippen molar-refractivity contribution in [3.63, 3.8) is 0 Å². The van der Waals surface area contributed by atoms with E-state index in [4.69, 9.17) is 0 Å². The van der Waals surface area contributed by atoms with Crippen molar-refractivity contribution in [2.45, 2.75) is 0 Å². The van der Waals surface area contributed by atoms with Crippen molar-refractivity contribution in [2.75, 3.05) is 23.7 Å². The molecular weight excluding hydrogens is 200 g/mol. The van der Waals surface area contributed by atoms with Crippen LogP contribution in [0.2, 0.25) is 0 Å². The number of nitrogens with one attached hydrogen (secondary N) is 2. The SMILES string of the molecule is Cn1ccc(NCCNc2ccccc2)n1. The standard InChI is InChI=1S/C12H16N4/c1-16-10-7-12(15-16)14-9-8-13-11-5-3-2-4-6-11/h2-7,10,13H,8-9H2,1H3,(H,14,15). The molecule has 1 aromatic carbocycles. The molecule has 4 nitrogen and oxygen atoms in total. The third-order valence-electron chi connectivity index (χ3n) is 2.25. The summed E-state index contributed by atoms with van der Waals surface area (Å²) in [5, 5.41) is 10.8. The van der Waals surface area contributed by atoms with Crippen LogP contribution in [0.25, 0.3) is 0 Å². The molecule has 4 heteroatoms. The average molecular weight is 216 g/mol. The highest BCUT2D eigenvalue weighted by atomic mass is 15.3. The molecule has 0 saturated carbocycles. The Morgan fingerprint density at radius 1 is 1.06 bits per heavy atom. The number of hydrogen-bond donors (Lipinski definition) is 2. The fourth-order valence-electron chi connectivity index (χ4n) is 1.46. The predicted octanol–water partition coefficient (Wildman–Crippen LogP) is 1.94. The van der Waals surface area contributed by atoms with E-state index >= 15 is 0 Å². The molecule has 0 unspecified atom stereocenters. The fourth-order valence-corrected chi connectivity index (χ4v) is 1.46. The molecule has 2 aromatic rings. The predicted molar refractivity (Wildman–Crippen MR) is 66.6 cm³/mol. The maximum absolute atomic E-state index is 4.23. The van der Waals surface area contributed by atoms with Gasteiger partial charge in [-0.05, 0) is 12.1 Å². The first-order valence-electron chi connectivity index (χ1n) is 5.37. The van der Waals surface area contributed by atoms with Gasteiger partial charge in [0.05, 0.1) is 0 Å². The Kier molecular flexibility index (Phi) is 3.43. The van der Waals surface area contributed by atoms with Crippen LogP contribution in [0.5, 0.6) is 0 Å². The molecule has 0 amide bonds. The largest absolute Gasteiger partial charge is 0.383 e. The van der Waals surface area contributed by atoms with Crippen LogP contribution >= 0.6 is 0 Å². The molecule has 1 heterocycles. The van der Waals surface area contributed by atoms with Crippen LogP contribution in [-0.4, -0.2) is 22.9 Å². The highest BCUT2D eigenvalue weighted by Gasteiger charge is 1.94. The molecule has 0 fully saturated rings. The van der Waals surface area contributed by atoms with Crippen LogP contribution in [-0.2, 0) is 7.05 Å². The lowest BCUT2D eigenvalue weighted by Gasteiger charge is -2.06. The molecule has 0 aliphatic carbocycles. The van der Waals surface area contributed by atoms with Gasteiger partial charge in [0.25, 0.3) is 0 Å². The summed E-state index contributed by atoms with van der Waals surface area (Å²) in [7, 11) is 1.91. The van der Waals surface area contributed by atoms with E-state index in [2.05, 4.69) is 27.9 Å². The molecule has 0 bridgehead atoms. The Hall–Kier alpha value is -1.97. The highest BCUT2D eigenvalue weighted by molar-refractivity contribution is 5.42. The number of anilines is 2. The number of nitrogens with zero attached hydrogens (tertiary/aromatic N) is 2. The molecule has 16 heavy (non-hydrogen) atoms. The Bertz CT molecular complexity index is 422. The first-order valence-corrected chi connectivity index (χ1v) is 5.37. The summed E-state index contributed by atoms with van der Waals surface area (Å²) >= 11 is 0. The molecular formula is C12H16N4. The van der Waals surface area contributed by atoms with Gasteiger partial charge in [0, 0.05) is 38.1 Å². The van der Waals surface area contributed by atoms with Gasteiger partial charge in [0.15, 0.2) is 0 Å². The van der Waals surface area contributed by atoms with Gasteiger partial charge in [-0.2, -0.15) is 5.10 Å². The van der Waals surface area contributed by atoms with E-state index in [0.29, 0.717) is 0 Å². The van der Waals surface area contributed by atoms with Gasteiger partial charge in [-0.3, -0.25) is 4.68 Å². The Morgan fingerprint density at radius 2 is 1.81 bits per heavy atom. The zero-order chi connectivity index (χ0) is 11.2. The van der Waals surface area contributed by atoms with E-state index in [1.165, 1.54) is 0 Å². The number of hydrogen-bond acceptors (Lipinski definition) is 3. The second kappa shape index (κ2) is 5.21. The van der Waals surface area contributed by atoms with E-state index in [9.17, 15) is 0 Å². The van der Waals surface area contributed by atoms with E-state index in [-0.39, 0.29) is 0 Å². The maximum Gasteiger partial charge on any atom is 0.148 e. The van der Waals surface area contributed by atoms with E-state index < -0.39 is 0 Å². The third-order valence-corrected chi connectivity index (χ3v) is 2.25. The number of aryl methyl sites for hydroxylation is 1. The highest BCUT2D eigenvalue weighted by Crippen LogP contribution is 2.04. The smallest absolute Gasteiger partial charge is 0.148 e. The van der Waals surface area contributed by atoms with Gasteiger partial charge in [-0.1, -0.05) is 18.2 Å². The minimum atomic E-state index is 0.853. The molecule has 0 aliphatic heterocycles. The summed E-state index contributed by atoms with van der Waals surface area (Å²) < 4.78 is 1.78. The van der Waals surface area contributed by atoms with Crippen LogP contribution in [0.3, 0.4) is 0 Å². The monoisotopic (exact) mass is 216 g/mol.